The van der Waals surface area contributed by atoms with Crippen LogP contribution in [0.3, 0.4) is 0 Å². The van der Waals surface area contributed by atoms with E-state index >= 15 is 0 Å². The fraction of sp³-hybridized carbons (Fsp3) is 0.778. The number of hydrogen-bond donors (Lipinski definition) is 0. The smallest absolute Gasteiger partial charge is 0.412 e. The Balaban J connectivity index is 1.68. The summed E-state index contributed by atoms with van der Waals surface area (Å²) in [4.78, 5) is 30.9. The molecule has 8 nitrogen and oxygen atoms in total. The Morgan fingerprint density at radius 3 is 2.23 bits per heavy atom. The maximum Gasteiger partial charge on any atom is 0.412 e. The van der Waals surface area contributed by atoms with Crippen LogP contribution in [0.4, 0.5) is 4.79 Å². The average Bonchev–Trinajstić information content (AvgIpc) is 3.40. The van der Waals surface area contributed by atoms with Crippen molar-refractivity contribution >= 4 is 12.1 Å². The summed E-state index contributed by atoms with van der Waals surface area (Å²) in [6.45, 7) is 21.9. The second-order valence-electron chi connectivity index (χ2n) is 16.4. The number of carbonyl (C=O) groups excluding carboxylic acids is 2. The Bertz CT molecular complexity index is 1150. The molecule has 1 aliphatic heterocycles. The minimum absolute atomic E-state index is 0.0360. The molecule has 1 aromatic rings. The zero-order chi connectivity index (χ0) is 32.7. The van der Waals surface area contributed by atoms with E-state index in [0.717, 1.165) is 19.4 Å². The largest absolute Gasteiger partial charge is 0.460 e. The molecule has 3 aliphatic rings. The lowest BCUT2D eigenvalue weighted by Gasteiger charge is -2.47. The third-order valence-electron chi connectivity index (χ3n) is 10.3. The molecule has 1 saturated heterocycles. The lowest BCUT2D eigenvalue weighted by atomic mass is 9.67. The van der Waals surface area contributed by atoms with Crippen molar-refractivity contribution in [3.8, 4) is 0 Å². The van der Waals surface area contributed by atoms with Gasteiger partial charge in [0.05, 0.1) is 25.2 Å². The quantitative estimate of drug-likeness (QED) is 0.258. The average molecular weight is 615 g/mol. The number of amides is 1. The molecule has 0 N–H and O–H groups in total. The molecule has 2 aliphatic carbocycles. The van der Waals surface area contributed by atoms with Gasteiger partial charge in [0.15, 0.2) is 0 Å². The Morgan fingerprint density at radius 2 is 1.66 bits per heavy atom. The van der Waals surface area contributed by atoms with E-state index in [0.29, 0.717) is 25.4 Å². The SMILES string of the molecule is CO[C@@H]1C[C@H]2CC[C@]1(CN(Cc1ccccc1)[C@@H](CC(=O)OC(C)(C)C)C[C@@H]1CN(C(=O)OC(C)(C)C)C(C)(C)O1)C2(C)C. The van der Waals surface area contributed by atoms with Gasteiger partial charge in [-0.15, -0.1) is 0 Å². The standard InChI is InChI=1S/C36H58N2O6/c1-32(2,3)43-30(39)21-27(20-28-23-38(35(9,10)42-28)31(40)44-33(4,5)6)37(22-25-15-13-12-14-16-25)24-36-18-17-26(34(36,7)8)19-29(36)41-11/h12-16,26-29H,17-24H2,1-11H3/t26-,27-,28-,29-,36-/m1/s1. The normalized spacial score (nSPS) is 28.4. The summed E-state index contributed by atoms with van der Waals surface area (Å²) < 4.78 is 24.4. The van der Waals surface area contributed by atoms with Crippen LogP contribution >= 0.6 is 0 Å². The zero-order valence-electron chi connectivity index (χ0n) is 29.2. The van der Waals surface area contributed by atoms with Crippen LogP contribution in [0.15, 0.2) is 30.3 Å². The summed E-state index contributed by atoms with van der Waals surface area (Å²) in [5.74, 6) is 0.397. The first-order valence-corrected chi connectivity index (χ1v) is 16.5. The molecule has 1 amide bonds. The van der Waals surface area contributed by atoms with Crippen molar-refractivity contribution < 1.29 is 28.5 Å². The minimum Gasteiger partial charge on any atom is -0.460 e. The number of esters is 1. The maximum absolute atomic E-state index is 13.5. The fourth-order valence-electron chi connectivity index (χ4n) is 8.10. The van der Waals surface area contributed by atoms with Crippen LogP contribution in [-0.2, 0) is 30.3 Å². The summed E-state index contributed by atoms with van der Waals surface area (Å²) in [6.07, 6.45) is 3.69. The highest BCUT2D eigenvalue weighted by molar-refractivity contribution is 5.71. The Kier molecular flexibility index (Phi) is 9.91. The van der Waals surface area contributed by atoms with Crippen LogP contribution in [-0.4, -0.2) is 77.2 Å². The number of hydrogen-bond acceptors (Lipinski definition) is 7. The van der Waals surface area contributed by atoms with Crippen molar-refractivity contribution in [1.29, 1.82) is 0 Å². The topological polar surface area (TPSA) is 77.5 Å². The summed E-state index contributed by atoms with van der Waals surface area (Å²) in [5.41, 5.74) is -0.761. The molecular weight excluding hydrogens is 556 g/mol. The van der Waals surface area contributed by atoms with Crippen LogP contribution in [0, 0.1) is 16.7 Å². The fourth-order valence-corrected chi connectivity index (χ4v) is 8.10. The first-order chi connectivity index (χ1) is 20.3. The first-order valence-electron chi connectivity index (χ1n) is 16.5. The van der Waals surface area contributed by atoms with Gasteiger partial charge >= 0.3 is 12.1 Å². The van der Waals surface area contributed by atoms with Crippen molar-refractivity contribution in [2.24, 2.45) is 16.7 Å². The number of methoxy groups -OCH3 is 1. The molecule has 0 aromatic heterocycles. The number of fused-ring (bicyclic) bond motifs is 2. The van der Waals surface area contributed by atoms with Gasteiger partial charge in [0, 0.05) is 31.7 Å². The molecular formula is C36H58N2O6. The van der Waals surface area contributed by atoms with E-state index in [4.69, 9.17) is 18.9 Å². The molecule has 5 atom stereocenters. The number of ether oxygens (including phenoxy) is 4. The Labute approximate surface area is 266 Å². The summed E-state index contributed by atoms with van der Waals surface area (Å²) in [7, 11) is 1.85. The third kappa shape index (κ3) is 7.61. The van der Waals surface area contributed by atoms with Crippen molar-refractivity contribution in [2.75, 3.05) is 20.2 Å². The minimum atomic E-state index is -0.834. The molecule has 0 unspecified atom stereocenters. The van der Waals surface area contributed by atoms with E-state index < -0.39 is 16.9 Å². The molecule has 3 fully saturated rings. The zero-order valence-corrected chi connectivity index (χ0v) is 29.2. The van der Waals surface area contributed by atoms with Crippen LogP contribution in [0.25, 0.3) is 0 Å². The number of nitrogens with zero attached hydrogens (tertiary/aromatic N) is 2. The predicted octanol–water partition coefficient (Wildman–Crippen LogP) is 7.19. The second-order valence-corrected chi connectivity index (χ2v) is 16.4. The van der Waals surface area contributed by atoms with E-state index in [9.17, 15) is 9.59 Å². The van der Waals surface area contributed by atoms with Gasteiger partial charge in [-0.25, -0.2) is 4.79 Å². The molecule has 8 heteroatoms. The van der Waals surface area contributed by atoms with Crippen LogP contribution in [0.5, 0.6) is 0 Å². The number of carbonyl (C=O) groups is 2. The van der Waals surface area contributed by atoms with Gasteiger partial charge < -0.3 is 18.9 Å². The van der Waals surface area contributed by atoms with Crippen molar-refractivity contribution in [3.05, 3.63) is 35.9 Å². The van der Waals surface area contributed by atoms with Gasteiger partial charge in [-0.2, -0.15) is 0 Å². The monoisotopic (exact) mass is 614 g/mol. The highest BCUT2D eigenvalue weighted by atomic mass is 16.6. The molecule has 2 bridgehead atoms. The van der Waals surface area contributed by atoms with Crippen molar-refractivity contribution in [3.63, 3.8) is 0 Å². The van der Waals surface area contributed by atoms with Gasteiger partial charge in [-0.1, -0.05) is 44.2 Å². The molecule has 1 aromatic carbocycles. The van der Waals surface area contributed by atoms with Crippen molar-refractivity contribution in [1.82, 2.24) is 9.80 Å². The van der Waals surface area contributed by atoms with Gasteiger partial charge in [0.1, 0.15) is 16.9 Å². The molecule has 1 heterocycles. The predicted molar refractivity (Wildman–Crippen MR) is 172 cm³/mol. The lowest BCUT2D eigenvalue weighted by molar-refractivity contribution is -0.157. The van der Waals surface area contributed by atoms with E-state index in [1.807, 2.05) is 68.6 Å². The maximum atomic E-state index is 13.5. The molecule has 2 saturated carbocycles. The van der Waals surface area contributed by atoms with Crippen LogP contribution < -0.4 is 0 Å². The first kappa shape index (κ1) is 34.7. The molecule has 4 rings (SSSR count). The van der Waals surface area contributed by atoms with Crippen LogP contribution in [0.1, 0.15) is 107 Å². The second kappa shape index (κ2) is 12.6. The number of rotatable bonds is 10. The van der Waals surface area contributed by atoms with Gasteiger partial charge in [0.2, 0.25) is 0 Å². The van der Waals surface area contributed by atoms with Crippen LogP contribution in [0.2, 0.25) is 0 Å². The van der Waals surface area contributed by atoms with E-state index in [1.165, 1.54) is 12.0 Å². The molecule has 44 heavy (non-hydrogen) atoms. The molecule has 0 spiro atoms. The molecule has 248 valence electrons. The van der Waals surface area contributed by atoms with Gasteiger partial charge in [0.25, 0.3) is 0 Å². The van der Waals surface area contributed by atoms with Crippen molar-refractivity contribution in [2.45, 2.75) is 143 Å². The highest BCUT2D eigenvalue weighted by Crippen LogP contribution is 2.66. The molecule has 0 radical (unpaired) electrons. The summed E-state index contributed by atoms with van der Waals surface area (Å²) in [6, 6.07) is 10.3. The van der Waals surface area contributed by atoms with E-state index in [1.54, 1.807) is 4.90 Å². The number of benzene rings is 1. The summed E-state index contributed by atoms with van der Waals surface area (Å²) in [5, 5.41) is 0. The van der Waals surface area contributed by atoms with Gasteiger partial charge in [-0.05, 0) is 98.0 Å². The summed E-state index contributed by atoms with van der Waals surface area (Å²) >= 11 is 0. The van der Waals surface area contributed by atoms with Gasteiger partial charge in [-0.3, -0.25) is 14.6 Å². The highest BCUT2D eigenvalue weighted by Gasteiger charge is 2.65. The third-order valence-corrected chi connectivity index (χ3v) is 10.3. The lowest BCUT2D eigenvalue weighted by Crippen LogP contribution is -2.52. The Hall–Kier alpha value is -2.16. The Morgan fingerprint density at radius 1 is 1.02 bits per heavy atom. The van der Waals surface area contributed by atoms with E-state index in [-0.39, 0.29) is 47.6 Å². The van der Waals surface area contributed by atoms with E-state index in [2.05, 4.69) is 43.0 Å².